The van der Waals surface area contributed by atoms with Crippen molar-refractivity contribution in [1.82, 2.24) is 0 Å². The summed E-state index contributed by atoms with van der Waals surface area (Å²) in [6, 6.07) is 0. The summed E-state index contributed by atoms with van der Waals surface area (Å²) in [5, 5.41) is 0. The van der Waals surface area contributed by atoms with E-state index in [2.05, 4.69) is 59.0 Å². The minimum atomic E-state index is -1.88. The quantitative estimate of drug-likeness (QED) is 0.153. The zero-order chi connectivity index (χ0) is 20.8. The van der Waals surface area contributed by atoms with Gasteiger partial charge in [0.15, 0.2) is 18.1 Å². The van der Waals surface area contributed by atoms with E-state index in [-0.39, 0.29) is 12.6 Å². The molecule has 0 amide bonds. The maximum atomic E-state index is 10.8. The number of hydrogen-bond acceptors (Lipinski definition) is 6. The number of esters is 1. The average Bonchev–Trinajstić information content (AvgIpc) is 2.44. The molecule has 26 heavy (non-hydrogen) atoms. The lowest BCUT2D eigenvalue weighted by Crippen LogP contribution is -2.44. The Hall–Kier alpha value is -0.342. The third-order valence-corrected chi connectivity index (χ3v) is 13.9. The van der Waals surface area contributed by atoms with Crippen LogP contribution in [-0.4, -0.2) is 61.7 Å². The van der Waals surface area contributed by atoms with Crippen LogP contribution in [0.1, 0.15) is 6.92 Å². The van der Waals surface area contributed by atoms with E-state index in [0.29, 0.717) is 18.8 Å². The Kier molecular flexibility index (Phi) is 16.8. The molecule has 0 aromatic heterocycles. The molecule has 0 fully saturated rings. The molecule has 0 spiro atoms. The summed E-state index contributed by atoms with van der Waals surface area (Å²) in [5.74, 6) is -0.378. The molecule has 0 rings (SSSR count). The van der Waals surface area contributed by atoms with Crippen LogP contribution >= 0.6 is 0 Å². The topological polar surface area (TPSA) is 63.2 Å². The van der Waals surface area contributed by atoms with Gasteiger partial charge in [0.1, 0.15) is 6.61 Å². The van der Waals surface area contributed by atoms with Gasteiger partial charge in [0.2, 0.25) is 0 Å². The molecule has 0 saturated heterocycles. The van der Waals surface area contributed by atoms with Crippen molar-refractivity contribution in [2.24, 2.45) is 0 Å². The molecule has 0 N–H and O–H groups in total. The van der Waals surface area contributed by atoms with Gasteiger partial charge in [-0.15, -0.1) is 6.58 Å². The fraction of sp³-hybridized carbons (Fsp3) is 0.688. The second-order valence-electron chi connectivity index (χ2n) is 6.72. The van der Waals surface area contributed by atoms with Gasteiger partial charge in [-0.3, -0.25) is 0 Å². The van der Waals surface area contributed by atoms with Crippen LogP contribution < -0.4 is 0 Å². The van der Waals surface area contributed by atoms with Gasteiger partial charge < -0.3 is 21.8 Å². The minimum absolute atomic E-state index is 0.263. The van der Waals surface area contributed by atoms with E-state index in [1.807, 2.05) is 0 Å². The van der Waals surface area contributed by atoms with E-state index in [9.17, 15) is 4.79 Å². The molecule has 10 heteroatoms. The van der Waals surface area contributed by atoms with Crippen molar-refractivity contribution >= 4 is 41.9 Å². The summed E-state index contributed by atoms with van der Waals surface area (Å²) >= 11 is 0. The molecule has 6 nitrogen and oxygen atoms in total. The lowest BCUT2D eigenvalue weighted by Gasteiger charge is -2.29. The average molecular weight is 439 g/mol. The molecule has 1 atom stereocenters. The van der Waals surface area contributed by atoms with Crippen molar-refractivity contribution in [2.45, 2.75) is 52.8 Å². The highest BCUT2D eigenvalue weighted by atomic mass is 28.5. The van der Waals surface area contributed by atoms with Crippen LogP contribution in [-0.2, 0) is 26.6 Å². The Bertz CT molecular complexity index is 416. The van der Waals surface area contributed by atoms with E-state index < -0.39 is 35.9 Å². The number of ether oxygens (including phenoxy) is 2. The second kappa shape index (κ2) is 15.7. The van der Waals surface area contributed by atoms with Gasteiger partial charge in [0.05, 0.1) is 13.2 Å². The predicted molar refractivity (Wildman–Crippen MR) is 118 cm³/mol. The first-order valence-corrected chi connectivity index (χ1v) is 19.4. The van der Waals surface area contributed by atoms with Gasteiger partial charge in [-0.1, -0.05) is 12.7 Å². The van der Waals surface area contributed by atoms with E-state index in [0.717, 1.165) is 0 Å². The highest BCUT2D eigenvalue weighted by Gasteiger charge is 2.29. The third kappa shape index (κ3) is 20.0. The molecule has 0 aromatic rings. The van der Waals surface area contributed by atoms with Gasteiger partial charge >= 0.3 is 14.5 Å². The minimum Gasteiger partial charge on any atom is -0.460 e. The fourth-order valence-electron chi connectivity index (χ4n) is 1.89. The SMILES string of the molecule is C=CCOCCOC(=O)C(=C)C.C[SiH](C)O[SiH](C)O[Si](C)(C)O[SiH](C)C. The van der Waals surface area contributed by atoms with Gasteiger partial charge in [-0.25, -0.2) is 4.79 Å². The zero-order valence-corrected chi connectivity index (χ0v) is 22.3. The lowest BCUT2D eigenvalue weighted by molar-refractivity contribution is -0.140. The van der Waals surface area contributed by atoms with E-state index in [1.54, 1.807) is 13.0 Å². The van der Waals surface area contributed by atoms with Gasteiger partial charge in [-0.05, 0) is 52.8 Å². The standard InChI is InChI=1S/C9H14O3.C7H24O3Si4/c1-4-5-11-6-7-12-9(10)8(2)3;1-11(2)8-13(5)10-14(6,7)9-12(3)4/h4H,1-2,5-7H2,3H3;11-13H,1-7H3. The fourth-order valence-corrected chi connectivity index (χ4v) is 14.1. The van der Waals surface area contributed by atoms with Crippen molar-refractivity contribution in [3.05, 3.63) is 24.8 Å². The summed E-state index contributed by atoms with van der Waals surface area (Å²) < 4.78 is 27.4. The monoisotopic (exact) mass is 438 g/mol. The summed E-state index contributed by atoms with van der Waals surface area (Å²) in [5.41, 5.74) is 0.402. The summed E-state index contributed by atoms with van der Waals surface area (Å²) in [4.78, 5) is 10.8. The highest BCUT2D eigenvalue weighted by Crippen LogP contribution is 2.11. The van der Waals surface area contributed by atoms with Crippen LogP contribution in [0, 0.1) is 0 Å². The molecule has 0 bridgehead atoms. The Morgan fingerprint density at radius 2 is 1.62 bits per heavy atom. The van der Waals surface area contributed by atoms with Gasteiger partial charge in [-0.2, -0.15) is 0 Å². The molecule has 0 aliphatic rings. The highest BCUT2D eigenvalue weighted by molar-refractivity contribution is 6.78. The summed E-state index contributed by atoms with van der Waals surface area (Å²) in [6.45, 7) is 24.7. The molecule has 1 unspecified atom stereocenters. The van der Waals surface area contributed by atoms with Crippen molar-refractivity contribution in [1.29, 1.82) is 0 Å². The van der Waals surface area contributed by atoms with Gasteiger partial charge in [0, 0.05) is 5.57 Å². The number of rotatable bonds is 12. The zero-order valence-electron chi connectivity index (χ0n) is 17.8. The maximum Gasteiger partial charge on any atom is 0.333 e. The molecule has 0 heterocycles. The maximum absolute atomic E-state index is 10.8. The molecule has 0 saturated carbocycles. The molecule has 154 valence electrons. The van der Waals surface area contributed by atoms with Crippen molar-refractivity contribution in [2.75, 3.05) is 19.8 Å². The van der Waals surface area contributed by atoms with Crippen molar-refractivity contribution < 1.29 is 26.6 Å². The third-order valence-electron chi connectivity index (χ3n) is 2.48. The normalized spacial score (nSPS) is 12.4. The van der Waals surface area contributed by atoms with E-state index >= 15 is 0 Å². The van der Waals surface area contributed by atoms with Crippen LogP contribution in [0.15, 0.2) is 24.8 Å². The summed E-state index contributed by atoms with van der Waals surface area (Å²) in [6.07, 6.45) is 1.64. The van der Waals surface area contributed by atoms with Crippen molar-refractivity contribution in [3.8, 4) is 0 Å². The predicted octanol–water partition coefficient (Wildman–Crippen LogP) is 2.86. The van der Waals surface area contributed by atoms with E-state index in [1.165, 1.54) is 0 Å². The number of carbonyl (C=O) groups is 1. The second-order valence-corrected chi connectivity index (χ2v) is 17.8. The lowest BCUT2D eigenvalue weighted by atomic mass is 10.4. The van der Waals surface area contributed by atoms with Crippen LogP contribution in [0.4, 0.5) is 0 Å². The molecule has 0 radical (unpaired) electrons. The van der Waals surface area contributed by atoms with Crippen LogP contribution in [0.25, 0.3) is 0 Å². The molecule has 0 aliphatic carbocycles. The molecule has 0 aliphatic heterocycles. The Balaban J connectivity index is 0. The van der Waals surface area contributed by atoms with Crippen molar-refractivity contribution in [3.63, 3.8) is 0 Å². The first kappa shape index (κ1) is 27.9. The van der Waals surface area contributed by atoms with E-state index in [4.69, 9.17) is 21.8 Å². The van der Waals surface area contributed by atoms with Crippen LogP contribution in [0.5, 0.6) is 0 Å². The van der Waals surface area contributed by atoms with Gasteiger partial charge in [0.25, 0.3) is 9.28 Å². The smallest absolute Gasteiger partial charge is 0.333 e. The Morgan fingerprint density at radius 1 is 1.04 bits per heavy atom. The Morgan fingerprint density at radius 3 is 2.04 bits per heavy atom. The number of carbonyl (C=O) groups excluding carboxylic acids is 1. The molecular formula is C16H38O6Si4. The molecular weight excluding hydrogens is 401 g/mol. The molecule has 0 aromatic carbocycles. The van der Waals surface area contributed by atoms with Crippen LogP contribution in [0.2, 0.25) is 45.8 Å². The van der Waals surface area contributed by atoms with Crippen LogP contribution in [0.3, 0.4) is 0 Å². The first-order valence-electron chi connectivity index (χ1n) is 8.93. The number of hydrogen-bond donors (Lipinski definition) is 0. The summed E-state index contributed by atoms with van der Waals surface area (Å²) in [7, 11) is -5.21. The largest absolute Gasteiger partial charge is 0.460 e. The Labute approximate surface area is 166 Å². The first-order chi connectivity index (χ1) is 11.9.